The number of nitrogens with zero attached hydrogens (tertiary/aromatic N) is 3. The smallest absolute Gasteiger partial charge is 0.154 e. The van der Waals surface area contributed by atoms with Crippen molar-refractivity contribution in [2.24, 2.45) is 5.73 Å². The van der Waals surface area contributed by atoms with Gasteiger partial charge in [-0.2, -0.15) is 5.10 Å². The van der Waals surface area contributed by atoms with E-state index in [-0.39, 0.29) is 0 Å². The zero-order valence-corrected chi connectivity index (χ0v) is 10.8. The average Bonchev–Trinajstić information content (AvgIpc) is 3.12. The number of halogens is 1. The van der Waals surface area contributed by atoms with Crippen LogP contribution in [-0.4, -0.2) is 21.3 Å². The van der Waals surface area contributed by atoms with Gasteiger partial charge in [0.05, 0.1) is 5.69 Å². The van der Waals surface area contributed by atoms with Crippen LogP contribution in [0.2, 0.25) is 5.02 Å². The normalized spacial score (nSPS) is 15.0. The Labute approximate surface area is 111 Å². The van der Waals surface area contributed by atoms with Crippen LogP contribution in [0.3, 0.4) is 0 Å². The van der Waals surface area contributed by atoms with E-state index >= 15 is 0 Å². The predicted octanol–water partition coefficient (Wildman–Crippen LogP) is 2.30. The Morgan fingerprint density at radius 2 is 2.22 bits per heavy atom. The lowest BCUT2D eigenvalue weighted by molar-refractivity contribution is 0.770. The minimum atomic E-state index is 0.543. The van der Waals surface area contributed by atoms with Gasteiger partial charge in [-0.1, -0.05) is 17.7 Å². The summed E-state index contributed by atoms with van der Waals surface area (Å²) in [5.41, 5.74) is 6.58. The first-order valence-electron chi connectivity index (χ1n) is 6.20. The van der Waals surface area contributed by atoms with Crippen LogP contribution in [-0.2, 0) is 6.42 Å². The van der Waals surface area contributed by atoms with E-state index in [1.54, 1.807) is 0 Å². The van der Waals surface area contributed by atoms with Gasteiger partial charge in [-0.15, -0.1) is 0 Å². The molecule has 1 aromatic heterocycles. The molecular formula is C13H15ClN4. The molecule has 0 amide bonds. The second-order valence-corrected chi connectivity index (χ2v) is 5.03. The van der Waals surface area contributed by atoms with Crippen LogP contribution in [0.4, 0.5) is 0 Å². The van der Waals surface area contributed by atoms with E-state index in [1.165, 1.54) is 12.8 Å². The summed E-state index contributed by atoms with van der Waals surface area (Å²) in [6, 6.07) is 7.65. The molecular weight excluding hydrogens is 248 g/mol. The van der Waals surface area contributed by atoms with E-state index in [1.807, 2.05) is 28.9 Å². The summed E-state index contributed by atoms with van der Waals surface area (Å²) in [5.74, 6) is 2.40. The highest BCUT2D eigenvalue weighted by molar-refractivity contribution is 6.30. The predicted molar refractivity (Wildman–Crippen MR) is 71.1 cm³/mol. The third-order valence-corrected chi connectivity index (χ3v) is 3.29. The average molecular weight is 263 g/mol. The second-order valence-electron chi connectivity index (χ2n) is 4.59. The van der Waals surface area contributed by atoms with E-state index in [0.717, 1.165) is 23.8 Å². The molecule has 1 saturated carbocycles. The fourth-order valence-electron chi connectivity index (χ4n) is 1.98. The molecule has 0 saturated heterocycles. The van der Waals surface area contributed by atoms with Gasteiger partial charge < -0.3 is 5.73 Å². The molecule has 0 atom stereocenters. The molecule has 0 radical (unpaired) electrons. The standard InChI is InChI=1S/C13H15ClN4/c14-10-2-1-3-11(8-10)18-12(6-7-15)16-13(17-18)9-4-5-9/h1-3,8-9H,4-7,15H2. The molecule has 18 heavy (non-hydrogen) atoms. The summed E-state index contributed by atoms with van der Waals surface area (Å²) >= 11 is 6.02. The summed E-state index contributed by atoms with van der Waals surface area (Å²) in [5, 5.41) is 5.30. The van der Waals surface area contributed by atoms with Crippen LogP contribution in [0, 0.1) is 0 Å². The lowest BCUT2D eigenvalue weighted by Gasteiger charge is -2.04. The number of benzene rings is 1. The van der Waals surface area contributed by atoms with Crippen molar-refractivity contribution in [1.82, 2.24) is 14.8 Å². The first-order valence-corrected chi connectivity index (χ1v) is 6.57. The Morgan fingerprint density at radius 1 is 1.39 bits per heavy atom. The number of hydrogen-bond acceptors (Lipinski definition) is 3. The zero-order chi connectivity index (χ0) is 12.5. The van der Waals surface area contributed by atoms with E-state index in [4.69, 9.17) is 17.3 Å². The van der Waals surface area contributed by atoms with Crippen LogP contribution in [0.1, 0.15) is 30.4 Å². The van der Waals surface area contributed by atoms with Crippen molar-refractivity contribution in [2.45, 2.75) is 25.2 Å². The minimum Gasteiger partial charge on any atom is -0.330 e. The number of nitrogens with two attached hydrogens (primary N) is 1. The molecule has 1 heterocycles. The van der Waals surface area contributed by atoms with E-state index < -0.39 is 0 Å². The van der Waals surface area contributed by atoms with Crippen molar-refractivity contribution >= 4 is 11.6 Å². The van der Waals surface area contributed by atoms with Crippen LogP contribution >= 0.6 is 11.6 Å². The third-order valence-electron chi connectivity index (χ3n) is 3.05. The molecule has 0 unspecified atom stereocenters. The molecule has 2 N–H and O–H groups in total. The van der Waals surface area contributed by atoms with Crippen molar-refractivity contribution in [2.75, 3.05) is 6.54 Å². The van der Waals surface area contributed by atoms with Gasteiger partial charge in [0, 0.05) is 17.4 Å². The third kappa shape index (κ3) is 2.26. The van der Waals surface area contributed by atoms with Crippen molar-refractivity contribution < 1.29 is 0 Å². The Hall–Kier alpha value is -1.39. The first kappa shape index (κ1) is 11.7. The maximum Gasteiger partial charge on any atom is 0.154 e. The van der Waals surface area contributed by atoms with Crippen LogP contribution < -0.4 is 5.73 Å². The topological polar surface area (TPSA) is 56.7 Å². The van der Waals surface area contributed by atoms with Crippen LogP contribution in [0.25, 0.3) is 5.69 Å². The van der Waals surface area contributed by atoms with Gasteiger partial charge in [0.25, 0.3) is 0 Å². The Bertz CT molecular complexity index is 560. The lowest BCUT2D eigenvalue weighted by atomic mass is 10.3. The van der Waals surface area contributed by atoms with Gasteiger partial charge in [0.2, 0.25) is 0 Å². The molecule has 1 aromatic carbocycles. The number of rotatable bonds is 4. The van der Waals surface area contributed by atoms with Crippen molar-refractivity contribution in [1.29, 1.82) is 0 Å². The maximum absolute atomic E-state index is 6.02. The summed E-state index contributed by atoms with van der Waals surface area (Å²) < 4.78 is 1.87. The van der Waals surface area contributed by atoms with Gasteiger partial charge in [0.1, 0.15) is 5.82 Å². The molecule has 1 aliphatic carbocycles. The first-order chi connectivity index (χ1) is 8.78. The molecule has 5 heteroatoms. The van der Waals surface area contributed by atoms with Gasteiger partial charge in [-0.3, -0.25) is 0 Å². The SMILES string of the molecule is NCCc1nc(C2CC2)nn1-c1cccc(Cl)c1. The Morgan fingerprint density at radius 3 is 2.89 bits per heavy atom. The van der Waals surface area contributed by atoms with Crippen LogP contribution in [0.15, 0.2) is 24.3 Å². The monoisotopic (exact) mass is 262 g/mol. The molecule has 0 spiro atoms. The molecule has 3 rings (SSSR count). The molecule has 94 valence electrons. The number of aromatic nitrogens is 3. The van der Waals surface area contributed by atoms with Crippen molar-refractivity contribution in [3.8, 4) is 5.69 Å². The fraction of sp³-hybridized carbons (Fsp3) is 0.385. The quantitative estimate of drug-likeness (QED) is 0.920. The van der Waals surface area contributed by atoms with Gasteiger partial charge in [0.15, 0.2) is 5.82 Å². The molecule has 1 aliphatic rings. The highest BCUT2D eigenvalue weighted by Crippen LogP contribution is 2.38. The highest BCUT2D eigenvalue weighted by Gasteiger charge is 2.29. The van der Waals surface area contributed by atoms with E-state index in [2.05, 4.69) is 10.1 Å². The largest absolute Gasteiger partial charge is 0.330 e. The van der Waals surface area contributed by atoms with Gasteiger partial charge in [-0.05, 0) is 37.6 Å². The lowest BCUT2D eigenvalue weighted by Crippen LogP contribution is -2.09. The van der Waals surface area contributed by atoms with Gasteiger partial charge >= 0.3 is 0 Å². The molecule has 0 bridgehead atoms. The second kappa shape index (κ2) is 4.71. The van der Waals surface area contributed by atoms with Crippen LogP contribution in [0.5, 0.6) is 0 Å². The van der Waals surface area contributed by atoms with E-state index in [9.17, 15) is 0 Å². The molecule has 1 fully saturated rings. The summed E-state index contributed by atoms with van der Waals surface area (Å²) in [7, 11) is 0. The molecule has 4 nitrogen and oxygen atoms in total. The fourth-order valence-corrected chi connectivity index (χ4v) is 2.17. The Kier molecular flexibility index (Phi) is 3.06. The van der Waals surface area contributed by atoms with Crippen molar-refractivity contribution in [3.63, 3.8) is 0 Å². The number of hydrogen-bond donors (Lipinski definition) is 1. The summed E-state index contributed by atoms with van der Waals surface area (Å²) in [6.45, 7) is 0.573. The Balaban J connectivity index is 2.03. The van der Waals surface area contributed by atoms with E-state index in [0.29, 0.717) is 17.5 Å². The molecule has 2 aromatic rings. The van der Waals surface area contributed by atoms with Gasteiger partial charge in [-0.25, -0.2) is 9.67 Å². The summed E-state index contributed by atoms with van der Waals surface area (Å²) in [4.78, 5) is 4.60. The maximum atomic E-state index is 6.02. The minimum absolute atomic E-state index is 0.543. The zero-order valence-electron chi connectivity index (χ0n) is 10.0. The summed E-state index contributed by atoms with van der Waals surface area (Å²) in [6.07, 6.45) is 3.12. The molecule has 0 aliphatic heterocycles. The highest BCUT2D eigenvalue weighted by atomic mass is 35.5. The van der Waals surface area contributed by atoms with Crippen molar-refractivity contribution in [3.05, 3.63) is 40.9 Å².